The predicted molar refractivity (Wildman–Crippen MR) is 80.4 cm³/mol. The lowest BCUT2D eigenvalue weighted by atomic mass is 10.0. The Kier molecular flexibility index (Phi) is 6.16. The number of likely N-dealkylation sites (N-methyl/N-ethyl adjacent to an activating group) is 2. The Hall–Kier alpha value is -1.06. The summed E-state index contributed by atoms with van der Waals surface area (Å²) >= 11 is 0. The Morgan fingerprint density at radius 3 is 2.11 bits per heavy atom. The van der Waals surface area contributed by atoms with Gasteiger partial charge in [0.1, 0.15) is 0 Å². The Balaban J connectivity index is 2.64. The standard InChI is InChI=1S/C15H27N3/c1-6-15(16-2)13-7-9-14(10-8-13)18(5)12-11-17(3)4/h7-10,15-16H,6,11-12H2,1-5H3. The third kappa shape index (κ3) is 4.31. The number of hydrogen-bond donors (Lipinski definition) is 1. The van der Waals surface area contributed by atoms with E-state index in [2.05, 4.69) is 67.4 Å². The van der Waals surface area contributed by atoms with Crippen molar-refractivity contribution in [1.82, 2.24) is 10.2 Å². The summed E-state index contributed by atoms with van der Waals surface area (Å²) in [5.41, 5.74) is 2.65. The van der Waals surface area contributed by atoms with E-state index in [-0.39, 0.29) is 0 Å². The van der Waals surface area contributed by atoms with Crippen LogP contribution in [0.25, 0.3) is 0 Å². The fourth-order valence-electron chi connectivity index (χ4n) is 2.05. The second-order valence-corrected chi connectivity index (χ2v) is 5.07. The van der Waals surface area contributed by atoms with E-state index in [1.165, 1.54) is 11.3 Å². The van der Waals surface area contributed by atoms with E-state index in [0.717, 1.165) is 19.5 Å². The molecule has 1 rings (SSSR count). The van der Waals surface area contributed by atoms with Gasteiger partial charge in [-0.25, -0.2) is 0 Å². The van der Waals surface area contributed by atoms with Gasteiger partial charge in [-0.15, -0.1) is 0 Å². The lowest BCUT2D eigenvalue weighted by Gasteiger charge is -2.22. The summed E-state index contributed by atoms with van der Waals surface area (Å²) in [6.07, 6.45) is 1.12. The fourth-order valence-corrected chi connectivity index (χ4v) is 2.05. The average molecular weight is 249 g/mol. The maximum absolute atomic E-state index is 3.34. The molecular formula is C15H27N3. The summed E-state index contributed by atoms with van der Waals surface area (Å²) in [5.74, 6) is 0. The van der Waals surface area contributed by atoms with Gasteiger partial charge in [0.2, 0.25) is 0 Å². The molecule has 0 saturated carbocycles. The molecule has 0 heterocycles. The molecule has 1 atom stereocenters. The third-order valence-electron chi connectivity index (χ3n) is 3.38. The molecule has 0 aliphatic heterocycles. The van der Waals surface area contributed by atoms with Gasteiger partial charge in [0.05, 0.1) is 0 Å². The lowest BCUT2D eigenvalue weighted by Crippen LogP contribution is -2.28. The van der Waals surface area contributed by atoms with Gasteiger partial charge in [-0.2, -0.15) is 0 Å². The van der Waals surface area contributed by atoms with Crippen molar-refractivity contribution in [1.29, 1.82) is 0 Å². The molecule has 0 aliphatic rings. The zero-order chi connectivity index (χ0) is 13.5. The van der Waals surface area contributed by atoms with E-state index >= 15 is 0 Å². The van der Waals surface area contributed by atoms with Crippen molar-refractivity contribution < 1.29 is 0 Å². The van der Waals surface area contributed by atoms with Crippen LogP contribution in [0.4, 0.5) is 5.69 Å². The van der Waals surface area contributed by atoms with Crippen LogP contribution in [0.2, 0.25) is 0 Å². The first-order valence-corrected chi connectivity index (χ1v) is 6.71. The number of hydrogen-bond acceptors (Lipinski definition) is 3. The van der Waals surface area contributed by atoms with E-state index in [1.54, 1.807) is 0 Å². The Bertz CT molecular complexity index is 328. The minimum atomic E-state index is 0.464. The van der Waals surface area contributed by atoms with Gasteiger partial charge in [-0.1, -0.05) is 19.1 Å². The van der Waals surface area contributed by atoms with Crippen LogP contribution in [-0.2, 0) is 0 Å². The molecule has 102 valence electrons. The molecule has 1 aromatic rings. The molecule has 0 amide bonds. The van der Waals surface area contributed by atoms with Crippen LogP contribution >= 0.6 is 0 Å². The normalized spacial score (nSPS) is 12.8. The molecule has 0 spiro atoms. The van der Waals surface area contributed by atoms with Crippen LogP contribution in [0, 0.1) is 0 Å². The van der Waals surface area contributed by atoms with Crippen molar-refractivity contribution in [2.75, 3.05) is 46.2 Å². The summed E-state index contributed by atoms with van der Waals surface area (Å²) in [6.45, 7) is 4.33. The SMILES string of the molecule is CCC(NC)c1ccc(N(C)CCN(C)C)cc1. The Labute approximate surface area is 112 Å². The van der Waals surface area contributed by atoms with Crippen LogP contribution in [0.1, 0.15) is 24.9 Å². The van der Waals surface area contributed by atoms with Gasteiger partial charge in [-0.05, 0) is 45.3 Å². The molecule has 1 aromatic carbocycles. The van der Waals surface area contributed by atoms with Crippen LogP contribution in [0.3, 0.4) is 0 Å². The molecular weight excluding hydrogens is 222 g/mol. The number of anilines is 1. The van der Waals surface area contributed by atoms with Crippen LogP contribution < -0.4 is 10.2 Å². The van der Waals surface area contributed by atoms with Gasteiger partial charge < -0.3 is 15.1 Å². The van der Waals surface area contributed by atoms with Crippen molar-refractivity contribution in [2.24, 2.45) is 0 Å². The maximum Gasteiger partial charge on any atom is 0.0364 e. The molecule has 1 unspecified atom stereocenters. The van der Waals surface area contributed by atoms with Gasteiger partial charge in [0.15, 0.2) is 0 Å². The van der Waals surface area contributed by atoms with Crippen molar-refractivity contribution in [3.8, 4) is 0 Å². The predicted octanol–water partition coefficient (Wildman–Crippen LogP) is 2.35. The van der Waals surface area contributed by atoms with Crippen molar-refractivity contribution in [3.63, 3.8) is 0 Å². The molecule has 0 saturated heterocycles. The zero-order valence-corrected chi connectivity index (χ0v) is 12.4. The van der Waals surface area contributed by atoms with Crippen LogP contribution in [-0.4, -0.2) is 46.2 Å². The summed E-state index contributed by atoms with van der Waals surface area (Å²) in [4.78, 5) is 4.50. The molecule has 0 bridgehead atoms. The minimum absolute atomic E-state index is 0.464. The first-order valence-electron chi connectivity index (χ1n) is 6.71. The number of nitrogens with one attached hydrogen (secondary N) is 1. The number of benzene rings is 1. The smallest absolute Gasteiger partial charge is 0.0364 e. The number of nitrogens with zero attached hydrogens (tertiary/aromatic N) is 2. The van der Waals surface area contributed by atoms with Gasteiger partial charge in [0, 0.05) is 31.9 Å². The maximum atomic E-state index is 3.34. The monoisotopic (exact) mass is 249 g/mol. The van der Waals surface area contributed by atoms with Crippen molar-refractivity contribution in [3.05, 3.63) is 29.8 Å². The van der Waals surface area contributed by atoms with Crippen LogP contribution in [0.5, 0.6) is 0 Å². The van der Waals surface area contributed by atoms with E-state index in [4.69, 9.17) is 0 Å². The van der Waals surface area contributed by atoms with E-state index in [9.17, 15) is 0 Å². The zero-order valence-electron chi connectivity index (χ0n) is 12.4. The molecule has 0 aromatic heterocycles. The number of rotatable bonds is 7. The molecule has 0 radical (unpaired) electrons. The van der Waals surface area contributed by atoms with Crippen molar-refractivity contribution >= 4 is 5.69 Å². The van der Waals surface area contributed by atoms with Gasteiger partial charge in [0.25, 0.3) is 0 Å². The molecule has 3 heteroatoms. The van der Waals surface area contributed by atoms with E-state index in [1.807, 2.05) is 7.05 Å². The Morgan fingerprint density at radius 2 is 1.67 bits per heavy atom. The summed E-state index contributed by atoms with van der Waals surface area (Å²) in [6, 6.07) is 9.35. The third-order valence-corrected chi connectivity index (χ3v) is 3.38. The highest BCUT2D eigenvalue weighted by Gasteiger charge is 2.07. The quantitative estimate of drug-likeness (QED) is 0.800. The highest BCUT2D eigenvalue weighted by Crippen LogP contribution is 2.20. The van der Waals surface area contributed by atoms with Crippen LogP contribution in [0.15, 0.2) is 24.3 Å². The first-order chi connectivity index (χ1) is 8.58. The summed E-state index contributed by atoms with van der Waals surface area (Å²) in [7, 11) is 8.38. The average Bonchev–Trinajstić information content (AvgIpc) is 2.38. The molecule has 3 nitrogen and oxygen atoms in total. The lowest BCUT2D eigenvalue weighted by molar-refractivity contribution is 0.416. The minimum Gasteiger partial charge on any atom is -0.373 e. The van der Waals surface area contributed by atoms with Gasteiger partial charge in [-0.3, -0.25) is 0 Å². The van der Waals surface area contributed by atoms with E-state index in [0.29, 0.717) is 6.04 Å². The molecule has 1 N–H and O–H groups in total. The first kappa shape index (κ1) is 15.0. The second-order valence-electron chi connectivity index (χ2n) is 5.07. The summed E-state index contributed by atoms with van der Waals surface area (Å²) in [5, 5.41) is 3.34. The molecule has 18 heavy (non-hydrogen) atoms. The Morgan fingerprint density at radius 1 is 1.06 bits per heavy atom. The summed E-state index contributed by atoms with van der Waals surface area (Å²) < 4.78 is 0. The highest BCUT2D eigenvalue weighted by molar-refractivity contribution is 5.47. The molecule has 0 aliphatic carbocycles. The second kappa shape index (κ2) is 7.39. The highest BCUT2D eigenvalue weighted by atomic mass is 15.1. The topological polar surface area (TPSA) is 18.5 Å². The van der Waals surface area contributed by atoms with E-state index < -0.39 is 0 Å². The van der Waals surface area contributed by atoms with Gasteiger partial charge >= 0.3 is 0 Å². The molecule has 0 fully saturated rings. The largest absolute Gasteiger partial charge is 0.373 e. The van der Waals surface area contributed by atoms with Crippen molar-refractivity contribution in [2.45, 2.75) is 19.4 Å². The fraction of sp³-hybridized carbons (Fsp3) is 0.600.